The average molecular weight is 353 g/mol. The van der Waals surface area contributed by atoms with Crippen LogP contribution in [0.15, 0.2) is 9.59 Å². The van der Waals surface area contributed by atoms with E-state index < -0.39 is 29.7 Å². The van der Waals surface area contributed by atoms with Crippen LogP contribution in [-0.2, 0) is 11.3 Å². The number of aliphatic hydroxyl groups is 2. The van der Waals surface area contributed by atoms with Crippen LogP contribution in [0.2, 0.25) is 0 Å². The van der Waals surface area contributed by atoms with Crippen molar-refractivity contribution in [1.82, 2.24) is 19.1 Å². The second-order valence-electron chi connectivity index (χ2n) is 6.88. The van der Waals surface area contributed by atoms with Crippen LogP contribution in [0.25, 0.3) is 11.2 Å². The van der Waals surface area contributed by atoms with Gasteiger partial charge in [-0.2, -0.15) is 4.98 Å². The van der Waals surface area contributed by atoms with Gasteiger partial charge in [-0.3, -0.25) is 14.3 Å². The molecule has 1 fully saturated rings. The number of hydrogen-bond acceptors (Lipinski definition) is 7. The third-order valence-corrected chi connectivity index (χ3v) is 4.54. The molecule has 0 spiro atoms. The van der Waals surface area contributed by atoms with E-state index >= 15 is 0 Å². The van der Waals surface area contributed by atoms with Crippen LogP contribution >= 0.6 is 0 Å². The summed E-state index contributed by atoms with van der Waals surface area (Å²) in [4.78, 5) is 31.8. The van der Waals surface area contributed by atoms with Gasteiger partial charge in [-0.05, 0) is 5.92 Å². The Kier molecular flexibility index (Phi) is 4.43. The van der Waals surface area contributed by atoms with Crippen molar-refractivity contribution in [1.29, 1.82) is 0 Å². The molecule has 0 aromatic carbocycles. The van der Waals surface area contributed by atoms with Crippen LogP contribution in [-0.4, -0.2) is 48.1 Å². The van der Waals surface area contributed by atoms with Gasteiger partial charge in [0.15, 0.2) is 17.4 Å². The van der Waals surface area contributed by atoms with Crippen molar-refractivity contribution in [3.8, 4) is 0 Å². The molecule has 3 heterocycles. The molecule has 5 N–H and O–H groups in total. The van der Waals surface area contributed by atoms with Crippen molar-refractivity contribution in [3.63, 3.8) is 0 Å². The predicted molar refractivity (Wildman–Crippen MR) is 90.0 cm³/mol. The van der Waals surface area contributed by atoms with E-state index in [0.717, 1.165) is 4.57 Å². The van der Waals surface area contributed by atoms with Crippen molar-refractivity contribution in [2.75, 3.05) is 12.3 Å². The number of aromatic nitrogens is 4. The lowest BCUT2D eigenvalue weighted by Gasteiger charge is -2.16. The van der Waals surface area contributed by atoms with Gasteiger partial charge in [0.05, 0.1) is 12.7 Å². The molecule has 1 saturated heterocycles. The highest BCUT2D eigenvalue weighted by molar-refractivity contribution is 5.71. The number of fused-ring (bicyclic) bond motifs is 1. The Morgan fingerprint density at radius 2 is 2.08 bits per heavy atom. The Morgan fingerprint density at radius 3 is 2.64 bits per heavy atom. The second-order valence-corrected chi connectivity index (χ2v) is 6.88. The summed E-state index contributed by atoms with van der Waals surface area (Å²) >= 11 is 0. The molecule has 0 saturated carbocycles. The first kappa shape index (κ1) is 17.6. The van der Waals surface area contributed by atoms with Crippen molar-refractivity contribution in [2.24, 2.45) is 11.8 Å². The largest absolute Gasteiger partial charge is 0.394 e. The first-order valence-corrected chi connectivity index (χ1v) is 8.21. The molecule has 0 amide bonds. The number of nitrogens with zero attached hydrogens (tertiary/aromatic N) is 3. The van der Waals surface area contributed by atoms with Crippen LogP contribution in [0.4, 0.5) is 5.95 Å². The average Bonchev–Trinajstić information content (AvgIpc) is 2.95. The lowest BCUT2D eigenvalue weighted by molar-refractivity contribution is -0.0510. The van der Waals surface area contributed by atoms with E-state index in [9.17, 15) is 19.8 Å². The zero-order chi connectivity index (χ0) is 18.5. The summed E-state index contributed by atoms with van der Waals surface area (Å²) in [6.45, 7) is 5.57. The molecular formula is C15H23N5O5. The third kappa shape index (κ3) is 2.75. The van der Waals surface area contributed by atoms with E-state index in [4.69, 9.17) is 10.5 Å². The van der Waals surface area contributed by atoms with Gasteiger partial charge in [-0.1, -0.05) is 20.8 Å². The quantitative estimate of drug-likeness (QED) is 0.551. The number of hydrogen-bond donors (Lipinski definition) is 4. The maximum Gasteiger partial charge on any atom is 0.332 e. The van der Waals surface area contributed by atoms with E-state index in [1.54, 1.807) is 6.92 Å². The lowest BCUT2D eigenvalue weighted by atomic mass is 10.0. The summed E-state index contributed by atoms with van der Waals surface area (Å²) in [5.41, 5.74) is 4.74. The number of aromatic amines is 1. The number of nitrogen functional groups attached to an aromatic ring is 1. The Bertz CT molecular complexity index is 898. The van der Waals surface area contributed by atoms with Crippen LogP contribution in [0, 0.1) is 11.8 Å². The molecule has 10 heteroatoms. The number of H-pyrrole nitrogens is 1. The summed E-state index contributed by atoms with van der Waals surface area (Å²) < 4.78 is 8.14. The van der Waals surface area contributed by atoms with E-state index in [1.807, 2.05) is 13.8 Å². The minimum atomic E-state index is -1.05. The van der Waals surface area contributed by atoms with Gasteiger partial charge < -0.3 is 20.7 Å². The maximum atomic E-state index is 13.0. The zero-order valence-electron chi connectivity index (χ0n) is 14.3. The molecule has 25 heavy (non-hydrogen) atoms. The molecule has 1 aliphatic rings. The van der Waals surface area contributed by atoms with Gasteiger partial charge in [0.25, 0.3) is 5.56 Å². The topological polar surface area (TPSA) is 148 Å². The van der Waals surface area contributed by atoms with Gasteiger partial charge >= 0.3 is 5.69 Å². The first-order chi connectivity index (χ1) is 11.8. The number of aliphatic hydroxyl groups excluding tert-OH is 2. The standard InChI is InChI=1S/C15H23N5O5/c1-6(2)4-19-9-11(17-14(16)18-12(9)23)20(15(19)24)13-10(22)7(3)8(5-21)25-13/h6-8,10,13,21-22H,4-5H2,1-3H3,(H3,16,17,18,23). The lowest BCUT2D eigenvalue weighted by Crippen LogP contribution is -2.33. The summed E-state index contributed by atoms with van der Waals surface area (Å²) in [6, 6.07) is 0. The molecule has 0 radical (unpaired) electrons. The van der Waals surface area contributed by atoms with Crippen LogP contribution in [0.3, 0.4) is 0 Å². The number of ether oxygens (including phenoxy) is 1. The van der Waals surface area contributed by atoms with Crippen molar-refractivity contribution >= 4 is 17.1 Å². The molecule has 2 aromatic heterocycles. The van der Waals surface area contributed by atoms with Gasteiger partial charge in [0.1, 0.15) is 6.10 Å². The zero-order valence-corrected chi connectivity index (χ0v) is 14.3. The predicted octanol–water partition coefficient (Wildman–Crippen LogP) is -0.989. The Balaban J connectivity index is 2.27. The molecular weight excluding hydrogens is 330 g/mol. The van der Waals surface area contributed by atoms with Gasteiger partial charge in [-0.25, -0.2) is 9.36 Å². The van der Waals surface area contributed by atoms with Gasteiger partial charge in [0.2, 0.25) is 5.95 Å². The molecule has 0 aliphatic carbocycles. The molecule has 2 aromatic rings. The Morgan fingerprint density at radius 1 is 1.40 bits per heavy atom. The first-order valence-electron chi connectivity index (χ1n) is 8.21. The third-order valence-electron chi connectivity index (χ3n) is 4.54. The Labute approximate surface area is 142 Å². The maximum absolute atomic E-state index is 13.0. The highest BCUT2D eigenvalue weighted by Gasteiger charge is 2.43. The molecule has 10 nitrogen and oxygen atoms in total. The summed E-state index contributed by atoms with van der Waals surface area (Å²) in [5, 5.41) is 19.9. The summed E-state index contributed by atoms with van der Waals surface area (Å²) in [7, 11) is 0. The summed E-state index contributed by atoms with van der Waals surface area (Å²) in [5.74, 6) is -0.413. The second kappa shape index (κ2) is 6.28. The molecule has 3 rings (SSSR count). The molecule has 1 aliphatic heterocycles. The van der Waals surface area contributed by atoms with E-state index in [-0.39, 0.29) is 35.6 Å². The van der Waals surface area contributed by atoms with Crippen molar-refractivity contribution < 1.29 is 14.9 Å². The van der Waals surface area contributed by atoms with E-state index in [1.165, 1.54) is 4.57 Å². The fourth-order valence-electron chi connectivity index (χ4n) is 3.25. The number of nitrogens with one attached hydrogen (secondary N) is 1. The molecule has 4 atom stereocenters. The minimum Gasteiger partial charge on any atom is -0.394 e. The van der Waals surface area contributed by atoms with E-state index in [0.29, 0.717) is 6.54 Å². The number of imidazole rings is 1. The minimum absolute atomic E-state index is 0.0572. The van der Waals surface area contributed by atoms with Crippen LogP contribution in [0.5, 0.6) is 0 Å². The number of anilines is 1. The number of rotatable bonds is 4. The number of nitrogens with two attached hydrogens (primary N) is 1. The van der Waals surface area contributed by atoms with E-state index in [2.05, 4.69) is 9.97 Å². The summed E-state index contributed by atoms with van der Waals surface area (Å²) in [6.07, 6.45) is -2.70. The molecule has 138 valence electrons. The Hall–Kier alpha value is -2.17. The van der Waals surface area contributed by atoms with Crippen molar-refractivity contribution in [2.45, 2.75) is 45.8 Å². The SMILES string of the molecule is CC(C)Cn1c(=O)n(C2OC(CO)C(C)C2O)c2nc(N)[nH]c(=O)c21. The monoisotopic (exact) mass is 353 g/mol. The van der Waals surface area contributed by atoms with Gasteiger partial charge in [-0.15, -0.1) is 0 Å². The van der Waals surface area contributed by atoms with Gasteiger partial charge in [0, 0.05) is 12.5 Å². The highest BCUT2D eigenvalue weighted by Crippen LogP contribution is 2.34. The smallest absolute Gasteiger partial charge is 0.332 e. The normalized spacial score (nSPS) is 26.8. The highest BCUT2D eigenvalue weighted by atomic mass is 16.5. The molecule has 4 unspecified atom stereocenters. The van der Waals surface area contributed by atoms with Crippen molar-refractivity contribution in [3.05, 3.63) is 20.8 Å². The molecule has 0 bridgehead atoms. The van der Waals surface area contributed by atoms with Crippen LogP contribution in [0.1, 0.15) is 27.0 Å². The fourth-order valence-corrected chi connectivity index (χ4v) is 3.25. The fraction of sp³-hybridized carbons (Fsp3) is 0.667. The van der Waals surface area contributed by atoms with Crippen LogP contribution < -0.4 is 17.0 Å².